The number of aryl methyl sites for hydroxylation is 1. The largest absolute Gasteiger partial charge is 0.323 e. The van der Waals surface area contributed by atoms with Gasteiger partial charge in [-0.15, -0.1) is 0 Å². The molecule has 0 spiro atoms. The topological polar surface area (TPSA) is 72.4 Å². The van der Waals surface area contributed by atoms with Gasteiger partial charge in [0.05, 0.1) is 0 Å². The van der Waals surface area contributed by atoms with Crippen molar-refractivity contribution in [1.82, 2.24) is 5.01 Å². The minimum Gasteiger partial charge on any atom is -0.323 e. The summed E-state index contributed by atoms with van der Waals surface area (Å²) in [6.07, 6.45) is -0.0186. The molecular weight excluding hydrogens is 245 g/mol. The quantitative estimate of drug-likeness (QED) is 0.491. The molecule has 4 nitrogen and oxygen atoms in total. The number of carbonyl (C=O) groups is 1. The normalized spacial score (nSPS) is 12.4. The molecule has 0 aliphatic carbocycles. The molecule has 4 N–H and O–H groups in total. The third-order valence-corrected chi connectivity index (χ3v) is 2.79. The Balaban J connectivity index is 2.93. The summed E-state index contributed by atoms with van der Waals surface area (Å²) in [4.78, 5) is 11.4. The summed E-state index contributed by atoms with van der Waals surface area (Å²) in [6, 6.07) is 2.07. The Morgan fingerprint density at radius 1 is 1.59 bits per heavy atom. The van der Waals surface area contributed by atoms with E-state index >= 15 is 0 Å². The van der Waals surface area contributed by atoms with E-state index in [0.29, 0.717) is 16.1 Å². The minimum atomic E-state index is -0.670. The van der Waals surface area contributed by atoms with Gasteiger partial charge in [-0.25, -0.2) is 10.2 Å². The summed E-state index contributed by atoms with van der Waals surface area (Å²) in [7, 11) is 1.42. The first-order valence-corrected chi connectivity index (χ1v) is 5.43. The number of nitrogens with zero attached hydrogens (tertiary/aromatic N) is 1. The van der Waals surface area contributed by atoms with Crippen LogP contribution in [0.5, 0.6) is 0 Å². The van der Waals surface area contributed by atoms with Crippen LogP contribution >= 0.6 is 11.6 Å². The van der Waals surface area contributed by atoms with Crippen LogP contribution in [-0.4, -0.2) is 18.0 Å². The van der Waals surface area contributed by atoms with E-state index in [1.165, 1.54) is 19.2 Å². The highest BCUT2D eigenvalue weighted by Crippen LogP contribution is 2.26. The molecule has 0 aliphatic heterocycles. The fraction of sp³-hybridized carbons (Fsp3) is 0.364. The van der Waals surface area contributed by atoms with Gasteiger partial charge >= 0.3 is 0 Å². The van der Waals surface area contributed by atoms with Crippen LogP contribution < -0.4 is 11.6 Å². The maximum absolute atomic E-state index is 13.4. The Labute approximate surface area is 104 Å². The molecule has 6 heteroatoms. The van der Waals surface area contributed by atoms with Gasteiger partial charge in [-0.3, -0.25) is 9.80 Å². The van der Waals surface area contributed by atoms with Crippen molar-refractivity contribution in [3.63, 3.8) is 0 Å². The van der Waals surface area contributed by atoms with Crippen molar-refractivity contribution >= 4 is 17.5 Å². The monoisotopic (exact) mass is 259 g/mol. The van der Waals surface area contributed by atoms with Gasteiger partial charge in [0.2, 0.25) is 5.91 Å². The van der Waals surface area contributed by atoms with Crippen LogP contribution in [0.3, 0.4) is 0 Å². The van der Waals surface area contributed by atoms with Gasteiger partial charge in [-0.2, -0.15) is 0 Å². The van der Waals surface area contributed by atoms with Crippen molar-refractivity contribution < 1.29 is 9.18 Å². The van der Waals surface area contributed by atoms with E-state index in [-0.39, 0.29) is 12.3 Å². The van der Waals surface area contributed by atoms with E-state index in [1.54, 1.807) is 6.92 Å². The van der Waals surface area contributed by atoms with Crippen LogP contribution in [0.15, 0.2) is 12.1 Å². The number of benzene rings is 1. The molecule has 0 aromatic heterocycles. The highest BCUT2D eigenvalue weighted by molar-refractivity contribution is 6.31. The zero-order valence-corrected chi connectivity index (χ0v) is 10.5. The number of halogens is 2. The second kappa shape index (κ2) is 5.44. The van der Waals surface area contributed by atoms with E-state index in [9.17, 15) is 9.18 Å². The van der Waals surface area contributed by atoms with Gasteiger partial charge in [0.25, 0.3) is 0 Å². The number of rotatable bonds is 3. The molecule has 0 heterocycles. The van der Waals surface area contributed by atoms with E-state index in [1.807, 2.05) is 0 Å². The van der Waals surface area contributed by atoms with Gasteiger partial charge in [0, 0.05) is 24.5 Å². The third-order valence-electron chi connectivity index (χ3n) is 2.47. The maximum Gasteiger partial charge on any atom is 0.238 e. The third kappa shape index (κ3) is 3.39. The molecule has 1 unspecified atom stereocenters. The van der Waals surface area contributed by atoms with Crippen molar-refractivity contribution in [3.05, 3.63) is 34.1 Å². The average molecular weight is 260 g/mol. The Bertz CT molecular complexity index is 437. The summed E-state index contributed by atoms with van der Waals surface area (Å²) in [6.45, 7) is 1.61. The standard InChI is InChI=1S/C11H15ClFN3O/c1-6-3-8(12)7(4-9(6)13)10(14)5-11(17)16(2)15/h3-4,10H,5,14-15H2,1-2H3. The van der Waals surface area contributed by atoms with Crippen LogP contribution in [-0.2, 0) is 4.79 Å². The lowest BCUT2D eigenvalue weighted by Gasteiger charge is -2.16. The smallest absolute Gasteiger partial charge is 0.238 e. The molecule has 17 heavy (non-hydrogen) atoms. The van der Waals surface area contributed by atoms with Crippen molar-refractivity contribution in [2.24, 2.45) is 11.6 Å². The molecule has 0 bridgehead atoms. The Morgan fingerprint density at radius 2 is 2.18 bits per heavy atom. The van der Waals surface area contributed by atoms with Crippen molar-refractivity contribution in [2.45, 2.75) is 19.4 Å². The molecule has 0 aliphatic rings. The molecule has 1 amide bonds. The molecule has 0 fully saturated rings. The fourth-order valence-electron chi connectivity index (χ4n) is 1.39. The first-order chi connectivity index (χ1) is 7.82. The van der Waals surface area contributed by atoms with Crippen LogP contribution in [0, 0.1) is 12.7 Å². The Kier molecular flexibility index (Phi) is 4.45. The lowest BCUT2D eigenvalue weighted by atomic mass is 10.0. The predicted octanol–water partition coefficient (Wildman–Crippen LogP) is 1.51. The van der Waals surface area contributed by atoms with Gasteiger partial charge in [0.1, 0.15) is 5.82 Å². The van der Waals surface area contributed by atoms with Crippen LogP contribution in [0.2, 0.25) is 5.02 Å². The molecule has 1 aromatic rings. The Morgan fingerprint density at radius 3 is 2.71 bits per heavy atom. The number of hydrogen-bond acceptors (Lipinski definition) is 3. The van der Waals surface area contributed by atoms with E-state index in [2.05, 4.69) is 0 Å². The summed E-state index contributed by atoms with van der Waals surface area (Å²) >= 11 is 5.96. The van der Waals surface area contributed by atoms with E-state index < -0.39 is 11.9 Å². The summed E-state index contributed by atoms with van der Waals surface area (Å²) in [5.74, 6) is 4.54. The van der Waals surface area contributed by atoms with Crippen LogP contribution in [0.25, 0.3) is 0 Å². The highest BCUT2D eigenvalue weighted by atomic mass is 35.5. The molecule has 1 rings (SSSR count). The van der Waals surface area contributed by atoms with Crippen molar-refractivity contribution in [3.8, 4) is 0 Å². The first kappa shape index (κ1) is 13.9. The number of nitrogens with two attached hydrogens (primary N) is 2. The molecule has 1 atom stereocenters. The average Bonchev–Trinajstić information content (AvgIpc) is 2.22. The maximum atomic E-state index is 13.4. The van der Waals surface area contributed by atoms with Gasteiger partial charge in [0.15, 0.2) is 0 Å². The lowest BCUT2D eigenvalue weighted by molar-refractivity contribution is -0.130. The number of carbonyl (C=O) groups excluding carboxylic acids is 1. The van der Waals surface area contributed by atoms with Crippen molar-refractivity contribution in [1.29, 1.82) is 0 Å². The summed E-state index contributed by atoms with van der Waals surface area (Å²) < 4.78 is 13.4. The number of hydrazine groups is 1. The molecule has 0 radical (unpaired) electrons. The van der Waals surface area contributed by atoms with Crippen LogP contribution in [0.1, 0.15) is 23.6 Å². The molecule has 0 saturated carbocycles. The lowest BCUT2D eigenvalue weighted by Crippen LogP contribution is -2.35. The van der Waals surface area contributed by atoms with Gasteiger partial charge in [-0.05, 0) is 30.2 Å². The summed E-state index contributed by atoms with van der Waals surface area (Å²) in [5, 5.41) is 1.29. The second-order valence-electron chi connectivity index (χ2n) is 3.94. The molecular formula is C11H15ClFN3O. The Hall–Kier alpha value is -1.17. The first-order valence-electron chi connectivity index (χ1n) is 5.05. The van der Waals surface area contributed by atoms with Gasteiger partial charge < -0.3 is 5.73 Å². The minimum absolute atomic E-state index is 0.0186. The van der Waals surface area contributed by atoms with E-state index in [4.69, 9.17) is 23.2 Å². The predicted molar refractivity (Wildman–Crippen MR) is 64.6 cm³/mol. The second-order valence-corrected chi connectivity index (χ2v) is 4.35. The molecule has 94 valence electrons. The molecule has 0 saturated heterocycles. The van der Waals surface area contributed by atoms with Crippen LogP contribution in [0.4, 0.5) is 4.39 Å². The highest BCUT2D eigenvalue weighted by Gasteiger charge is 2.17. The SMILES string of the molecule is Cc1cc(Cl)c(C(N)CC(=O)N(C)N)cc1F. The van der Waals surface area contributed by atoms with E-state index in [0.717, 1.165) is 5.01 Å². The molecule has 1 aromatic carbocycles. The zero-order chi connectivity index (χ0) is 13.2. The number of amides is 1. The van der Waals surface area contributed by atoms with Crippen molar-refractivity contribution in [2.75, 3.05) is 7.05 Å². The number of hydrogen-bond donors (Lipinski definition) is 2. The summed E-state index contributed by atoms with van der Waals surface area (Å²) in [5.41, 5.74) is 6.64. The van der Waals surface area contributed by atoms with Gasteiger partial charge in [-0.1, -0.05) is 11.6 Å². The fourth-order valence-corrected chi connectivity index (χ4v) is 1.75. The zero-order valence-electron chi connectivity index (χ0n) is 9.71.